The van der Waals surface area contributed by atoms with E-state index in [-0.39, 0.29) is 18.2 Å². The smallest absolute Gasteiger partial charge is 0.119 e. The lowest BCUT2D eigenvalue weighted by Gasteiger charge is -2.43. The SMILES string of the molecule is OC1CCN([C@@H]2CCN(Cc3ccc(OC4CCCC4)cc3)C[C@H]2O)CC1. The molecule has 2 aliphatic heterocycles. The standard InChI is InChI=1S/C22H34N2O3/c25-18-9-13-24(14-10-18)21-11-12-23(16-22(21)26)15-17-5-7-20(8-6-17)27-19-3-1-2-4-19/h5-8,18-19,21-22,25-26H,1-4,9-16H2/t21-,22-/m1/s1. The van der Waals surface area contributed by atoms with Crippen molar-refractivity contribution in [2.75, 3.05) is 26.2 Å². The lowest BCUT2D eigenvalue weighted by molar-refractivity contribution is -0.0355. The average Bonchev–Trinajstić information content (AvgIpc) is 3.18. The minimum Gasteiger partial charge on any atom is -0.490 e. The molecule has 5 nitrogen and oxygen atoms in total. The molecule has 1 saturated carbocycles. The number of nitrogens with zero attached hydrogens (tertiary/aromatic N) is 2. The van der Waals surface area contributed by atoms with Gasteiger partial charge in [0.15, 0.2) is 0 Å². The largest absolute Gasteiger partial charge is 0.490 e. The average molecular weight is 375 g/mol. The van der Waals surface area contributed by atoms with E-state index in [2.05, 4.69) is 34.1 Å². The van der Waals surface area contributed by atoms with Crippen molar-refractivity contribution in [3.05, 3.63) is 29.8 Å². The normalized spacial score (nSPS) is 29.3. The molecule has 4 rings (SSSR count). The van der Waals surface area contributed by atoms with Crippen LogP contribution in [0.15, 0.2) is 24.3 Å². The predicted octanol–water partition coefficient (Wildman–Crippen LogP) is 2.40. The summed E-state index contributed by atoms with van der Waals surface area (Å²) < 4.78 is 6.05. The monoisotopic (exact) mass is 374 g/mol. The van der Waals surface area contributed by atoms with E-state index >= 15 is 0 Å². The maximum Gasteiger partial charge on any atom is 0.119 e. The van der Waals surface area contributed by atoms with Crippen LogP contribution in [0.5, 0.6) is 5.75 Å². The molecule has 0 spiro atoms. The highest BCUT2D eigenvalue weighted by atomic mass is 16.5. The maximum absolute atomic E-state index is 10.7. The number of β-amino-alcohol motifs (C(OH)–C–C–N with tert-alkyl or cyclic N) is 1. The van der Waals surface area contributed by atoms with E-state index in [0.29, 0.717) is 6.10 Å². The van der Waals surface area contributed by atoms with Gasteiger partial charge in [-0.15, -0.1) is 0 Å². The number of ether oxygens (including phenoxy) is 1. The van der Waals surface area contributed by atoms with Gasteiger partial charge in [-0.3, -0.25) is 9.80 Å². The number of piperidine rings is 2. The molecule has 0 amide bonds. The summed E-state index contributed by atoms with van der Waals surface area (Å²) in [6, 6.07) is 8.76. The van der Waals surface area contributed by atoms with Crippen molar-refractivity contribution >= 4 is 0 Å². The summed E-state index contributed by atoms with van der Waals surface area (Å²) in [5.41, 5.74) is 1.28. The number of aliphatic hydroxyl groups excluding tert-OH is 2. The number of rotatable bonds is 5. The van der Waals surface area contributed by atoms with Gasteiger partial charge in [0.2, 0.25) is 0 Å². The molecule has 0 unspecified atom stereocenters. The fraction of sp³-hybridized carbons (Fsp3) is 0.727. The van der Waals surface area contributed by atoms with Crippen LogP contribution < -0.4 is 4.74 Å². The summed E-state index contributed by atoms with van der Waals surface area (Å²) >= 11 is 0. The van der Waals surface area contributed by atoms with Gasteiger partial charge < -0.3 is 14.9 Å². The topological polar surface area (TPSA) is 56.2 Å². The highest BCUT2D eigenvalue weighted by molar-refractivity contribution is 5.27. The molecule has 2 saturated heterocycles. The van der Waals surface area contributed by atoms with Gasteiger partial charge >= 0.3 is 0 Å². The minimum atomic E-state index is -0.307. The summed E-state index contributed by atoms with van der Waals surface area (Å²) in [6.45, 7) is 4.44. The van der Waals surface area contributed by atoms with Crippen molar-refractivity contribution in [3.63, 3.8) is 0 Å². The molecule has 5 heteroatoms. The van der Waals surface area contributed by atoms with Crippen LogP contribution in [-0.4, -0.2) is 70.5 Å². The zero-order valence-corrected chi connectivity index (χ0v) is 16.3. The summed E-state index contributed by atoms with van der Waals surface area (Å²) in [5.74, 6) is 0.983. The Labute approximate surface area is 162 Å². The van der Waals surface area contributed by atoms with Gasteiger partial charge in [0.05, 0.1) is 18.3 Å². The third kappa shape index (κ3) is 5.02. The van der Waals surface area contributed by atoms with Crippen molar-refractivity contribution in [2.45, 2.75) is 75.8 Å². The molecule has 2 atom stereocenters. The van der Waals surface area contributed by atoms with Gasteiger partial charge in [0.25, 0.3) is 0 Å². The third-order valence-corrected chi connectivity index (χ3v) is 6.53. The number of likely N-dealkylation sites (tertiary alicyclic amines) is 2. The molecule has 27 heavy (non-hydrogen) atoms. The zero-order chi connectivity index (χ0) is 18.6. The third-order valence-electron chi connectivity index (χ3n) is 6.53. The van der Waals surface area contributed by atoms with Crippen LogP contribution >= 0.6 is 0 Å². The number of benzene rings is 1. The first-order valence-corrected chi connectivity index (χ1v) is 10.8. The minimum absolute atomic E-state index is 0.154. The van der Waals surface area contributed by atoms with Gasteiger partial charge in [0, 0.05) is 38.8 Å². The van der Waals surface area contributed by atoms with Crippen molar-refractivity contribution < 1.29 is 14.9 Å². The predicted molar refractivity (Wildman–Crippen MR) is 106 cm³/mol. The number of hydrogen-bond donors (Lipinski definition) is 2. The van der Waals surface area contributed by atoms with Crippen LogP contribution in [0.25, 0.3) is 0 Å². The molecular formula is C22H34N2O3. The van der Waals surface area contributed by atoms with Crippen LogP contribution in [0.1, 0.15) is 50.5 Å². The molecule has 3 fully saturated rings. The molecule has 2 N–H and O–H groups in total. The quantitative estimate of drug-likeness (QED) is 0.829. The Morgan fingerprint density at radius 2 is 1.59 bits per heavy atom. The molecule has 0 aromatic heterocycles. The van der Waals surface area contributed by atoms with E-state index in [1.165, 1.54) is 31.2 Å². The Hall–Kier alpha value is -1.14. The lowest BCUT2D eigenvalue weighted by atomic mass is 9.96. The van der Waals surface area contributed by atoms with Gasteiger partial charge in [-0.2, -0.15) is 0 Å². The van der Waals surface area contributed by atoms with E-state index in [0.717, 1.165) is 57.7 Å². The number of aliphatic hydroxyl groups is 2. The summed E-state index contributed by atoms with van der Waals surface area (Å²) in [7, 11) is 0. The first-order valence-electron chi connectivity index (χ1n) is 10.8. The Bertz CT molecular complexity index is 580. The fourth-order valence-corrected chi connectivity index (χ4v) is 4.90. The highest BCUT2D eigenvalue weighted by Crippen LogP contribution is 2.25. The fourth-order valence-electron chi connectivity index (χ4n) is 4.90. The molecular weight excluding hydrogens is 340 g/mol. The van der Waals surface area contributed by atoms with E-state index in [1.54, 1.807) is 0 Å². The van der Waals surface area contributed by atoms with Crippen molar-refractivity contribution in [1.82, 2.24) is 9.80 Å². The Kier molecular flexibility index (Phi) is 6.33. The second kappa shape index (κ2) is 8.91. The first kappa shape index (κ1) is 19.2. The van der Waals surface area contributed by atoms with Gasteiger partial charge in [0.1, 0.15) is 5.75 Å². The molecule has 1 aromatic carbocycles. The second-order valence-electron chi connectivity index (χ2n) is 8.59. The van der Waals surface area contributed by atoms with E-state index < -0.39 is 0 Å². The van der Waals surface area contributed by atoms with Crippen LogP contribution in [0.3, 0.4) is 0 Å². The van der Waals surface area contributed by atoms with Gasteiger partial charge in [-0.25, -0.2) is 0 Å². The molecule has 2 heterocycles. The van der Waals surface area contributed by atoms with Gasteiger partial charge in [-0.05, 0) is 62.6 Å². The lowest BCUT2D eigenvalue weighted by Crippen LogP contribution is -2.55. The molecule has 3 aliphatic rings. The molecule has 1 aromatic rings. The van der Waals surface area contributed by atoms with Crippen LogP contribution in [0.2, 0.25) is 0 Å². The van der Waals surface area contributed by atoms with Crippen molar-refractivity contribution in [3.8, 4) is 5.75 Å². The van der Waals surface area contributed by atoms with E-state index in [4.69, 9.17) is 4.74 Å². The summed E-state index contributed by atoms with van der Waals surface area (Å²) in [4.78, 5) is 4.73. The molecule has 1 aliphatic carbocycles. The van der Waals surface area contributed by atoms with Crippen molar-refractivity contribution in [1.29, 1.82) is 0 Å². The summed E-state index contributed by atoms with van der Waals surface area (Å²) in [6.07, 6.45) is 7.57. The van der Waals surface area contributed by atoms with E-state index in [9.17, 15) is 10.2 Å². The molecule has 0 bridgehead atoms. The Morgan fingerprint density at radius 1 is 0.889 bits per heavy atom. The van der Waals surface area contributed by atoms with Crippen LogP contribution in [-0.2, 0) is 6.54 Å². The molecule has 0 radical (unpaired) electrons. The highest BCUT2D eigenvalue weighted by Gasteiger charge is 2.33. The zero-order valence-electron chi connectivity index (χ0n) is 16.3. The van der Waals surface area contributed by atoms with Gasteiger partial charge in [-0.1, -0.05) is 12.1 Å². The van der Waals surface area contributed by atoms with Crippen LogP contribution in [0, 0.1) is 0 Å². The second-order valence-corrected chi connectivity index (χ2v) is 8.59. The first-order chi connectivity index (χ1) is 13.2. The maximum atomic E-state index is 10.7. The Balaban J connectivity index is 1.25. The number of hydrogen-bond acceptors (Lipinski definition) is 5. The van der Waals surface area contributed by atoms with Crippen molar-refractivity contribution in [2.24, 2.45) is 0 Å². The van der Waals surface area contributed by atoms with E-state index in [1.807, 2.05) is 0 Å². The molecule has 150 valence electrons. The Morgan fingerprint density at radius 3 is 2.26 bits per heavy atom. The van der Waals surface area contributed by atoms with Crippen LogP contribution in [0.4, 0.5) is 0 Å². The summed E-state index contributed by atoms with van der Waals surface area (Å²) in [5, 5.41) is 20.4.